The Bertz CT molecular complexity index is 1030. The van der Waals surface area contributed by atoms with E-state index in [0.29, 0.717) is 22.2 Å². The minimum absolute atomic E-state index is 0.228. The Morgan fingerprint density at radius 1 is 1.15 bits per heavy atom. The van der Waals surface area contributed by atoms with Crippen LogP contribution in [0.3, 0.4) is 0 Å². The number of hydrogen-bond acceptors (Lipinski definition) is 4. The average Bonchev–Trinajstić information content (AvgIpc) is 2.64. The Hall–Kier alpha value is -3.12. The number of hydrogen-bond donors (Lipinski definition) is 1. The quantitative estimate of drug-likeness (QED) is 0.731. The van der Waals surface area contributed by atoms with Crippen molar-refractivity contribution in [2.75, 3.05) is 12.4 Å². The van der Waals surface area contributed by atoms with E-state index in [1.165, 1.54) is 13.2 Å². The highest BCUT2D eigenvalue weighted by atomic mass is 35.5. The maximum Gasteiger partial charge on any atom is 0.267 e. The molecule has 7 heteroatoms. The van der Waals surface area contributed by atoms with Gasteiger partial charge in [0.05, 0.1) is 18.5 Å². The first-order chi connectivity index (χ1) is 13.0. The van der Waals surface area contributed by atoms with E-state index in [4.69, 9.17) is 16.3 Å². The van der Waals surface area contributed by atoms with Crippen LogP contribution in [0.15, 0.2) is 59.4 Å². The van der Waals surface area contributed by atoms with Crippen molar-refractivity contribution in [2.24, 2.45) is 0 Å². The van der Waals surface area contributed by atoms with Crippen LogP contribution < -0.4 is 15.6 Å². The summed E-state index contributed by atoms with van der Waals surface area (Å²) in [5, 5.41) is 7.46. The van der Waals surface area contributed by atoms with Gasteiger partial charge in [0, 0.05) is 16.7 Å². The number of aromatic nitrogens is 2. The van der Waals surface area contributed by atoms with Crippen LogP contribution in [-0.4, -0.2) is 22.8 Å². The lowest BCUT2D eigenvalue weighted by Gasteiger charge is -2.11. The van der Waals surface area contributed by atoms with Gasteiger partial charge in [0.25, 0.3) is 5.56 Å². The second kappa shape index (κ2) is 8.05. The van der Waals surface area contributed by atoms with Crippen molar-refractivity contribution in [3.8, 4) is 17.0 Å². The number of nitrogens with one attached hydrogen (secondary N) is 1. The van der Waals surface area contributed by atoms with Crippen LogP contribution in [0.2, 0.25) is 5.02 Å². The van der Waals surface area contributed by atoms with Gasteiger partial charge in [-0.15, -0.1) is 0 Å². The molecule has 6 nitrogen and oxygen atoms in total. The summed E-state index contributed by atoms with van der Waals surface area (Å²) < 4.78 is 6.33. The molecule has 3 aromatic rings. The van der Waals surface area contributed by atoms with Gasteiger partial charge < -0.3 is 10.1 Å². The maximum atomic E-state index is 12.4. The van der Waals surface area contributed by atoms with Crippen LogP contribution in [-0.2, 0) is 11.3 Å². The number of halogens is 1. The summed E-state index contributed by atoms with van der Waals surface area (Å²) in [5.41, 5.74) is 2.67. The molecule has 27 heavy (non-hydrogen) atoms. The highest BCUT2D eigenvalue weighted by molar-refractivity contribution is 6.31. The topological polar surface area (TPSA) is 73.2 Å². The third-order valence-corrected chi connectivity index (χ3v) is 4.18. The summed E-state index contributed by atoms with van der Waals surface area (Å²) in [4.78, 5) is 24.5. The Morgan fingerprint density at radius 2 is 1.89 bits per heavy atom. The normalized spacial score (nSPS) is 10.5. The molecule has 2 aromatic carbocycles. The average molecular weight is 384 g/mol. The second-order valence-electron chi connectivity index (χ2n) is 5.97. The van der Waals surface area contributed by atoms with Gasteiger partial charge in [0.1, 0.15) is 12.3 Å². The van der Waals surface area contributed by atoms with Crippen LogP contribution in [0, 0.1) is 6.92 Å². The van der Waals surface area contributed by atoms with E-state index in [-0.39, 0.29) is 12.1 Å². The Balaban J connectivity index is 1.82. The number of ether oxygens (including phenoxy) is 1. The van der Waals surface area contributed by atoms with Crippen molar-refractivity contribution < 1.29 is 9.53 Å². The van der Waals surface area contributed by atoms with Crippen LogP contribution in [0.4, 0.5) is 5.69 Å². The van der Waals surface area contributed by atoms with Gasteiger partial charge >= 0.3 is 0 Å². The van der Waals surface area contributed by atoms with E-state index < -0.39 is 5.91 Å². The summed E-state index contributed by atoms with van der Waals surface area (Å²) >= 11 is 5.97. The molecule has 1 aromatic heterocycles. The van der Waals surface area contributed by atoms with E-state index in [1.54, 1.807) is 24.3 Å². The predicted molar refractivity (Wildman–Crippen MR) is 105 cm³/mol. The summed E-state index contributed by atoms with van der Waals surface area (Å²) in [6.45, 7) is 1.76. The van der Waals surface area contributed by atoms with Crippen LogP contribution in [0.1, 0.15) is 5.56 Å². The minimum atomic E-state index is -0.411. The lowest BCUT2D eigenvalue weighted by molar-refractivity contribution is -0.117. The standard InChI is InChI=1S/C20H18ClN3O3/c1-13-3-5-14(6-4-13)16-8-10-20(26)24(23-16)12-19(25)22-17-11-15(21)7-9-18(17)27-2/h3-11H,12H2,1-2H3,(H,22,25). The third-order valence-electron chi connectivity index (χ3n) is 3.94. The van der Waals surface area contributed by atoms with E-state index in [1.807, 2.05) is 31.2 Å². The summed E-state index contributed by atoms with van der Waals surface area (Å²) in [5.74, 6) is 0.0627. The Labute approximate surface area is 161 Å². The Kier molecular flexibility index (Phi) is 5.57. The fourth-order valence-corrected chi connectivity index (χ4v) is 2.72. The lowest BCUT2D eigenvalue weighted by Crippen LogP contribution is -2.29. The summed E-state index contributed by atoms with van der Waals surface area (Å²) in [6.07, 6.45) is 0. The maximum absolute atomic E-state index is 12.4. The number of amides is 1. The first-order valence-corrected chi connectivity index (χ1v) is 8.62. The lowest BCUT2D eigenvalue weighted by atomic mass is 10.1. The fourth-order valence-electron chi connectivity index (χ4n) is 2.54. The molecule has 0 bridgehead atoms. The number of carbonyl (C=O) groups excluding carboxylic acids is 1. The first-order valence-electron chi connectivity index (χ1n) is 8.25. The molecule has 1 amide bonds. The fraction of sp³-hybridized carbons (Fsp3) is 0.150. The van der Waals surface area contributed by atoms with Crippen molar-refractivity contribution >= 4 is 23.2 Å². The highest BCUT2D eigenvalue weighted by Crippen LogP contribution is 2.27. The smallest absolute Gasteiger partial charge is 0.267 e. The molecule has 0 aliphatic heterocycles. The molecule has 0 aliphatic carbocycles. The van der Waals surface area contributed by atoms with Crippen molar-refractivity contribution in [3.05, 3.63) is 75.5 Å². The van der Waals surface area contributed by atoms with Gasteiger partial charge in [-0.1, -0.05) is 41.4 Å². The van der Waals surface area contributed by atoms with Gasteiger partial charge in [-0.2, -0.15) is 5.10 Å². The van der Waals surface area contributed by atoms with E-state index in [9.17, 15) is 9.59 Å². The zero-order valence-electron chi connectivity index (χ0n) is 14.9. The van der Waals surface area contributed by atoms with Crippen molar-refractivity contribution in [2.45, 2.75) is 13.5 Å². The van der Waals surface area contributed by atoms with Crippen LogP contribution in [0.5, 0.6) is 5.75 Å². The number of rotatable bonds is 5. The monoisotopic (exact) mass is 383 g/mol. The molecule has 0 unspecified atom stereocenters. The van der Waals surface area contributed by atoms with Gasteiger partial charge in [-0.25, -0.2) is 4.68 Å². The SMILES string of the molecule is COc1ccc(Cl)cc1NC(=O)Cn1nc(-c2ccc(C)cc2)ccc1=O. The molecular weight excluding hydrogens is 366 g/mol. The van der Waals surface area contributed by atoms with Crippen LogP contribution >= 0.6 is 11.6 Å². The van der Waals surface area contributed by atoms with Crippen molar-refractivity contribution in [1.82, 2.24) is 9.78 Å². The largest absolute Gasteiger partial charge is 0.495 e. The first kappa shape index (κ1) is 18.7. The molecule has 1 N–H and O–H groups in total. The molecule has 0 fully saturated rings. The molecule has 0 spiro atoms. The van der Waals surface area contributed by atoms with E-state index in [0.717, 1.165) is 15.8 Å². The number of nitrogens with zero attached hydrogens (tertiary/aromatic N) is 2. The number of benzene rings is 2. The molecule has 3 rings (SSSR count). The summed E-state index contributed by atoms with van der Waals surface area (Å²) in [6, 6.07) is 15.7. The molecule has 1 heterocycles. The van der Waals surface area contributed by atoms with Crippen molar-refractivity contribution in [1.29, 1.82) is 0 Å². The minimum Gasteiger partial charge on any atom is -0.495 e. The number of carbonyl (C=O) groups is 1. The molecule has 0 atom stereocenters. The van der Waals surface area contributed by atoms with Gasteiger partial charge in [0.15, 0.2) is 0 Å². The molecule has 0 aliphatic rings. The van der Waals surface area contributed by atoms with E-state index >= 15 is 0 Å². The van der Waals surface area contributed by atoms with Crippen molar-refractivity contribution in [3.63, 3.8) is 0 Å². The molecular formula is C20H18ClN3O3. The second-order valence-corrected chi connectivity index (χ2v) is 6.41. The Morgan fingerprint density at radius 3 is 2.59 bits per heavy atom. The van der Waals surface area contributed by atoms with E-state index in [2.05, 4.69) is 10.4 Å². The zero-order valence-corrected chi connectivity index (χ0v) is 15.7. The summed E-state index contributed by atoms with van der Waals surface area (Å²) in [7, 11) is 1.50. The number of aryl methyl sites for hydroxylation is 1. The molecule has 0 radical (unpaired) electrons. The zero-order chi connectivity index (χ0) is 19.4. The highest BCUT2D eigenvalue weighted by Gasteiger charge is 2.11. The molecule has 138 valence electrons. The number of methoxy groups -OCH3 is 1. The van der Waals surface area contributed by atoms with Gasteiger partial charge in [-0.05, 0) is 31.2 Å². The molecule has 0 saturated heterocycles. The van der Waals surface area contributed by atoms with Crippen LogP contribution in [0.25, 0.3) is 11.3 Å². The van der Waals surface area contributed by atoms with Gasteiger partial charge in [-0.3, -0.25) is 9.59 Å². The third kappa shape index (κ3) is 4.54. The van der Waals surface area contributed by atoms with Gasteiger partial charge in [0.2, 0.25) is 5.91 Å². The predicted octanol–water partition coefficient (Wildman–Crippen LogP) is 3.52. The number of anilines is 1. The molecule has 0 saturated carbocycles.